The first-order valence-electron chi connectivity index (χ1n) is 6.00. The van der Waals surface area contributed by atoms with Gasteiger partial charge in [0, 0.05) is 25.3 Å². The van der Waals surface area contributed by atoms with Gasteiger partial charge in [-0.15, -0.1) is 0 Å². The van der Waals surface area contributed by atoms with Crippen molar-refractivity contribution >= 4 is 15.9 Å². The zero-order valence-electron chi connectivity index (χ0n) is 10.7. The van der Waals surface area contributed by atoms with Crippen LogP contribution in [0.2, 0.25) is 0 Å². The Balaban J connectivity index is 2.85. The average Bonchev–Trinajstić information content (AvgIpc) is 2.39. The van der Waals surface area contributed by atoms with Gasteiger partial charge in [-0.3, -0.25) is 4.79 Å². The number of sulfonamides is 1. The van der Waals surface area contributed by atoms with E-state index in [0.29, 0.717) is 13.0 Å². The molecule has 106 valence electrons. The molecule has 3 N–H and O–H groups in total. The fourth-order valence-corrected chi connectivity index (χ4v) is 2.55. The lowest BCUT2D eigenvalue weighted by Crippen LogP contribution is -2.26. The van der Waals surface area contributed by atoms with Gasteiger partial charge in [-0.05, 0) is 24.6 Å². The molecule has 7 heteroatoms. The molecule has 1 aromatic rings. The second-order valence-corrected chi connectivity index (χ2v) is 5.63. The summed E-state index contributed by atoms with van der Waals surface area (Å²) >= 11 is 0. The van der Waals surface area contributed by atoms with Gasteiger partial charge in [-0.1, -0.05) is 13.0 Å². The lowest BCUT2D eigenvalue weighted by Gasteiger charge is -2.07. The van der Waals surface area contributed by atoms with Crippen LogP contribution in [0.4, 0.5) is 0 Å². The van der Waals surface area contributed by atoms with Gasteiger partial charge in [-0.25, -0.2) is 13.1 Å². The van der Waals surface area contributed by atoms with Crippen LogP contribution >= 0.6 is 0 Å². The van der Waals surface area contributed by atoms with Gasteiger partial charge < -0.3 is 10.4 Å². The molecule has 1 aromatic carbocycles. The van der Waals surface area contributed by atoms with E-state index in [1.165, 1.54) is 18.2 Å². The summed E-state index contributed by atoms with van der Waals surface area (Å²) in [6.45, 7) is 2.31. The fraction of sp³-hybridized carbons (Fsp3) is 0.417. The maximum atomic E-state index is 11.8. The molecular formula is C12H18N2O4S. The maximum absolute atomic E-state index is 11.8. The van der Waals surface area contributed by atoms with Crippen molar-refractivity contribution in [2.75, 3.05) is 19.7 Å². The standard InChI is InChI=1S/C12H18N2O4S/c1-2-14-19(17,18)11-6-3-5-10(9-11)12(16)13-7-4-8-15/h3,5-6,9,14-15H,2,4,7-8H2,1H3,(H,13,16). The number of aliphatic hydroxyl groups excluding tert-OH is 1. The van der Waals surface area contributed by atoms with Crippen molar-refractivity contribution in [2.45, 2.75) is 18.2 Å². The van der Waals surface area contributed by atoms with E-state index in [-0.39, 0.29) is 29.5 Å². The summed E-state index contributed by atoms with van der Waals surface area (Å²) in [6.07, 6.45) is 0.459. The Labute approximate surface area is 112 Å². The number of rotatable bonds is 7. The van der Waals surface area contributed by atoms with E-state index < -0.39 is 10.0 Å². The molecule has 19 heavy (non-hydrogen) atoms. The van der Waals surface area contributed by atoms with Gasteiger partial charge in [0.1, 0.15) is 0 Å². The monoisotopic (exact) mass is 286 g/mol. The second-order valence-electron chi connectivity index (χ2n) is 3.86. The summed E-state index contributed by atoms with van der Waals surface area (Å²) in [6, 6.07) is 5.82. The fourth-order valence-electron chi connectivity index (χ4n) is 1.46. The van der Waals surface area contributed by atoms with E-state index in [1.54, 1.807) is 13.0 Å². The minimum absolute atomic E-state index is 0.00484. The lowest BCUT2D eigenvalue weighted by atomic mass is 10.2. The number of benzene rings is 1. The van der Waals surface area contributed by atoms with E-state index in [4.69, 9.17) is 5.11 Å². The maximum Gasteiger partial charge on any atom is 0.251 e. The molecule has 0 aliphatic heterocycles. The van der Waals surface area contributed by atoms with Crippen molar-refractivity contribution in [3.63, 3.8) is 0 Å². The molecule has 0 bridgehead atoms. The Kier molecular flexibility index (Phi) is 5.94. The molecule has 1 amide bonds. The summed E-state index contributed by atoms with van der Waals surface area (Å²) < 4.78 is 25.9. The Hall–Kier alpha value is -1.44. The van der Waals surface area contributed by atoms with E-state index in [1.807, 2.05) is 0 Å². The topological polar surface area (TPSA) is 95.5 Å². The largest absolute Gasteiger partial charge is 0.396 e. The van der Waals surface area contributed by atoms with Gasteiger partial charge in [0.25, 0.3) is 5.91 Å². The average molecular weight is 286 g/mol. The quantitative estimate of drug-likeness (QED) is 0.619. The molecule has 6 nitrogen and oxygen atoms in total. The number of aliphatic hydroxyl groups is 1. The third-order valence-corrected chi connectivity index (χ3v) is 3.90. The molecule has 0 aromatic heterocycles. The van der Waals surface area contributed by atoms with Crippen LogP contribution in [0.3, 0.4) is 0 Å². The van der Waals surface area contributed by atoms with Gasteiger partial charge in [0.2, 0.25) is 10.0 Å². The number of carbonyl (C=O) groups is 1. The molecule has 0 saturated carbocycles. The van der Waals surface area contributed by atoms with Crippen LogP contribution in [0.15, 0.2) is 29.2 Å². The van der Waals surface area contributed by atoms with E-state index in [9.17, 15) is 13.2 Å². The summed E-state index contributed by atoms with van der Waals surface area (Å²) in [5, 5.41) is 11.2. The Morgan fingerprint density at radius 1 is 1.37 bits per heavy atom. The van der Waals surface area contributed by atoms with Gasteiger partial charge in [0.05, 0.1) is 4.90 Å². The number of carbonyl (C=O) groups excluding carboxylic acids is 1. The molecule has 0 spiro atoms. The van der Waals surface area contributed by atoms with Gasteiger partial charge in [-0.2, -0.15) is 0 Å². The van der Waals surface area contributed by atoms with Crippen LogP contribution in [-0.4, -0.2) is 39.1 Å². The lowest BCUT2D eigenvalue weighted by molar-refractivity contribution is 0.0951. The first-order chi connectivity index (χ1) is 9.01. The van der Waals surface area contributed by atoms with Crippen molar-refractivity contribution in [1.29, 1.82) is 0 Å². The molecule has 0 atom stereocenters. The van der Waals surface area contributed by atoms with Crippen molar-refractivity contribution in [2.24, 2.45) is 0 Å². The highest BCUT2D eigenvalue weighted by Crippen LogP contribution is 2.11. The van der Waals surface area contributed by atoms with Gasteiger partial charge >= 0.3 is 0 Å². The predicted molar refractivity (Wildman–Crippen MR) is 71.3 cm³/mol. The first-order valence-corrected chi connectivity index (χ1v) is 7.48. The van der Waals surface area contributed by atoms with E-state index >= 15 is 0 Å². The molecule has 0 saturated heterocycles. The zero-order chi connectivity index (χ0) is 14.3. The van der Waals surface area contributed by atoms with Crippen LogP contribution < -0.4 is 10.0 Å². The van der Waals surface area contributed by atoms with Crippen LogP contribution in [-0.2, 0) is 10.0 Å². The third-order valence-electron chi connectivity index (χ3n) is 2.36. The van der Waals surface area contributed by atoms with Gasteiger partial charge in [0.15, 0.2) is 0 Å². The van der Waals surface area contributed by atoms with Crippen LogP contribution in [0.5, 0.6) is 0 Å². The molecule has 0 fully saturated rings. The van der Waals surface area contributed by atoms with Crippen molar-refractivity contribution in [1.82, 2.24) is 10.0 Å². The van der Waals surface area contributed by atoms with Crippen LogP contribution in [0.1, 0.15) is 23.7 Å². The molecular weight excluding hydrogens is 268 g/mol. The van der Waals surface area contributed by atoms with E-state index in [0.717, 1.165) is 0 Å². The molecule has 0 radical (unpaired) electrons. The Morgan fingerprint density at radius 3 is 2.74 bits per heavy atom. The molecule has 1 rings (SSSR count). The van der Waals surface area contributed by atoms with Crippen LogP contribution in [0, 0.1) is 0 Å². The van der Waals surface area contributed by atoms with Crippen molar-refractivity contribution < 1.29 is 18.3 Å². The Bertz CT molecular complexity index is 528. The third kappa shape index (κ3) is 4.62. The van der Waals surface area contributed by atoms with E-state index in [2.05, 4.69) is 10.0 Å². The summed E-state index contributed by atoms with van der Waals surface area (Å²) in [7, 11) is -3.56. The number of amides is 1. The molecule has 0 heterocycles. The summed E-state index contributed by atoms with van der Waals surface area (Å²) in [5.41, 5.74) is 0.275. The zero-order valence-corrected chi connectivity index (χ0v) is 11.5. The Morgan fingerprint density at radius 2 is 2.11 bits per heavy atom. The predicted octanol–water partition coefficient (Wildman–Crippen LogP) is 0.0970. The highest BCUT2D eigenvalue weighted by molar-refractivity contribution is 7.89. The minimum Gasteiger partial charge on any atom is -0.396 e. The number of nitrogens with one attached hydrogen (secondary N) is 2. The minimum atomic E-state index is -3.56. The van der Waals surface area contributed by atoms with Crippen LogP contribution in [0.25, 0.3) is 0 Å². The molecule has 0 aliphatic carbocycles. The van der Waals surface area contributed by atoms with Crippen molar-refractivity contribution in [3.8, 4) is 0 Å². The summed E-state index contributed by atoms with van der Waals surface area (Å²) in [5.74, 6) is -0.359. The SMILES string of the molecule is CCNS(=O)(=O)c1cccc(C(=O)NCCCO)c1. The molecule has 0 aliphatic rings. The highest BCUT2D eigenvalue weighted by atomic mass is 32.2. The second kappa shape index (κ2) is 7.22. The van der Waals surface area contributed by atoms with Crippen molar-refractivity contribution in [3.05, 3.63) is 29.8 Å². The first kappa shape index (κ1) is 15.6. The summed E-state index contributed by atoms with van der Waals surface area (Å²) in [4.78, 5) is 11.8. The number of hydrogen-bond acceptors (Lipinski definition) is 4. The molecule has 0 unspecified atom stereocenters. The number of hydrogen-bond donors (Lipinski definition) is 3. The smallest absolute Gasteiger partial charge is 0.251 e. The highest BCUT2D eigenvalue weighted by Gasteiger charge is 2.14. The normalized spacial score (nSPS) is 11.3.